The maximum absolute atomic E-state index is 14.2. The lowest BCUT2D eigenvalue weighted by Crippen LogP contribution is -2.23. The number of nitrogens with zero attached hydrogens (tertiary/aromatic N) is 3. The second kappa shape index (κ2) is 6.99. The molecule has 0 aliphatic rings. The maximum Gasteiger partial charge on any atom is 0.252 e. The Balaban J connectivity index is 1.75. The van der Waals surface area contributed by atoms with E-state index in [1.165, 1.54) is 6.07 Å². The molecule has 2 aromatic carbocycles. The minimum atomic E-state index is -0.387. The topological polar surface area (TPSA) is 59.8 Å². The number of aryl methyl sites for hydroxylation is 1. The molecule has 0 atom stereocenters. The van der Waals surface area contributed by atoms with Gasteiger partial charge in [0.1, 0.15) is 5.82 Å². The number of pyridine rings is 1. The van der Waals surface area contributed by atoms with Crippen molar-refractivity contribution in [3.8, 4) is 11.3 Å². The average Bonchev–Trinajstić information content (AvgIpc) is 3.07. The molecule has 5 nitrogen and oxygen atoms in total. The molecule has 0 aliphatic carbocycles. The van der Waals surface area contributed by atoms with E-state index in [0.717, 1.165) is 5.56 Å². The standard InChI is InChI=1S/C21H17FN4O/c1-26-20-17(13-24-26)16(21(27)23-12-14-7-3-2-4-8-14)11-19(25-20)15-9-5-6-10-18(15)22/h2-11,13H,12H2,1H3,(H,23,27). The number of benzene rings is 2. The van der Waals surface area contributed by atoms with E-state index >= 15 is 0 Å². The summed E-state index contributed by atoms with van der Waals surface area (Å²) in [6.45, 7) is 0.402. The van der Waals surface area contributed by atoms with E-state index in [-0.39, 0.29) is 11.7 Å². The van der Waals surface area contributed by atoms with Gasteiger partial charge < -0.3 is 5.32 Å². The second-order valence-corrected chi connectivity index (χ2v) is 6.21. The molecule has 0 fully saturated rings. The lowest BCUT2D eigenvalue weighted by Gasteiger charge is -2.09. The molecule has 0 saturated carbocycles. The SMILES string of the molecule is Cn1ncc2c(C(=O)NCc3ccccc3)cc(-c3ccccc3F)nc21. The largest absolute Gasteiger partial charge is 0.348 e. The van der Waals surface area contributed by atoms with Gasteiger partial charge in [0, 0.05) is 19.2 Å². The Morgan fingerprint density at radius 3 is 2.63 bits per heavy atom. The van der Waals surface area contributed by atoms with Crippen LogP contribution in [0, 0.1) is 5.82 Å². The Hall–Kier alpha value is -3.54. The van der Waals surface area contributed by atoms with Crippen molar-refractivity contribution >= 4 is 16.9 Å². The van der Waals surface area contributed by atoms with Crippen LogP contribution >= 0.6 is 0 Å². The summed E-state index contributed by atoms with van der Waals surface area (Å²) in [4.78, 5) is 17.3. The molecule has 27 heavy (non-hydrogen) atoms. The van der Waals surface area contributed by atoms with Gasteiger partial charge in [0.15, 0.2) is 5.65 Å². The van der Waals surface area contributed by atoms with Crippen molar-refractivity contribution in [2.45, 2.75) is 6.54 Å². The van der Waals surface area contributed by atoms with Gasteiger partial charge in [0.05, 0.1) is 22.8 Å². The quantitative estimate of drug-likeness (QED) is 0.604. The Morgan fingerprint density at radius 1 is 1.11 bits per heavy atom. The first-order valence-corrected chi connectivity index (χ1v) is 8.53. The van der Waals surface area contributed by atoms with Crippen LogP contribution in [0.4, 0.5) is 4.39 Å². The van der Waals surface area contributed by atoms with Gasteiger partial charge in [-0.1, -0.05) is 42.5 Å². The third-order valence-electron chi connectivity index (χ3n) is 4.40. The molecule has 6 heteroatoms. The first-order chi connectivity index (χ1) is 13.1. The monoisotopic (exact) mass is 360 g/mol. The van der Waals surface area contributed by atoms with Crippen molar-refractivity contribution < 1.29 is 9.18 Å². The molecule has 4 rings (SSSR count). The van der Waals surface area contributed by atoms with Crippen molar-refractivity contribution in [1.29, 1.82) is 0 Å². The van der Waals surface area contributed by atoms with Gasteiger partial charge in [-0.25, -0.2) is 9.37 Å². The minimum Gasteiger partial charge on any atom is -0.348 e. The fourth-order valence-electron chi connectivity index (χ4n) is 2.98. The van der Waals surface area contributed by atoms with Crippen molar-refractivity contribution in [2.75, 3.05) is 0 Å². The maximum atomic E-state index is 14.2. The second-order valence-electron chi connectivity index (χ2n) is 6.21. The van der Waals surface area contributed by atoms with Crippen LogP contribution in [0.2, 0.25) is 0 Å². The fourth-order valence-corrected chi connectivity index (χ4v) is 2.98. The van der Waals surface area contributed by atoms with E-state index in [1.807, 2.05) is 30.3 Å². The molecule has 2 aromatic heterocycles. The highest BCUT2D eigenvalue weighted by molar-refractivity contribution is 6.06. The van der Waals surface area contributed by atoms with E-state index in [9.17, 15) is 9.18 Å². The molecule has 1 N–H and O–H groups in total. The number of fused-ring (bicyclic) bond motifs is 1. The highest BCUT2D eigenvalue weighted by Crippen LogP contribution is 2.26. The predicted molar refractivity (Wildman–Crippen MR) is 102 cm³/mol. The molecule has 0 saturated heterocycles. The molecule has 0 radical (unpaired) electrons. The highest BCUT2D eigenvalue weighted by Gasteiger charge is 2.17. The zero-order chi connectivity index (χ0) is 18.8. The lowest BCUT2D eigenvalue weighted by atomic mass is 10.1. The number of carbonyl (C=O) groups is 1. The summed E-state index contributed by atoms with van der Waals surface area (Å²) in [7, 11) is 1.74. The van der Waals surface area contributed by atoms with Crippen LogP contribution in [0.5, 0.6) is 0 Å². The zero-order valence-corrected chi connectivity index (χ0v) is 14.7. The summed E-state index contributed by atoms with van der Waals surface area (Å²) < 4.78 is 15.8. The van der Waals surface area contributed by atoms with Crippen LogP contribution in [0.15, 0.2) is 66.9 Å². The number of hydrogen-bond donors (Lipinski definition) is 1. The number of amides is 1. The van der Waals surface area contributed by atoms with Crippen molar-refractivity contribution in [3.63, 3.8) is 0 Å². The van der Waals surface area contributed by atoms with E-state index in [1.54, 1.807) is 42.2 Å². The molecule has 2 heterocycles. The fraction of sp³-hybridized carbons (Fsp3) is 0.0952. The summed E-state index contributed by atoms with van der Waals surface area (Å²) in [5, 5.41) is 7.74. The normalized spacial score (nSPS) is 10.9. The van der Waals surface area contributed by atoms with E-state index in [2.05, 4.69) is 15.4 Å². The van der Waals surface area contributed by atoms with Gasteiger partial charge in [-0.15, -0.1) is 0 Å². The molecular weight excluding hydrogens is 343 g/mol. The molecule has 0 unspecified atom stereocenters. The Bertz CT molecular complexity index is 1120. The van der Waals surface area contributed by atoms with Gasteiger partial charge >= 0.3 is 0 Å². The Kier molecular flexibility index (Phi) is 4.38. The zero-order valence-electron chi connectivity index (χ0n) is 14.7. The van der Waals surface area contributed by atoms with Crippen molar-refractivity contribution in [1.82, 2.24) is 20.1 Å². The molecule has 0 spiro atoms. The van der Waals surface area contributed by atoms with Gasteiger partial charge in [0.2, 0.25) is 0 Å². The van der Waals surface area contributed by atoms with Crippen LogP contribution in [-0.2, 0) is 13.6 Å². The average molecular weight is 360 g/mol. The third-order valence-corrected chi connectivity index (χ3v) is 4.40. The van der Waals surface area contributed by atoms with Crippen molar-refractivity contribution in [3.05, 3.63) is 83.8 Å². The number of aromatic nitrogens is 3. The van der Waals surface area contributed by atoms with Gasteiger partial charge in [-0.3, -0.25) is 9.48 Å². The van der Waals surface area contributed by atoms with E-state index in [0.29, 0.717) is 34.4 Å². The summed E-state index contributed by atoms with van der Waals surface area (Å²) in [5.74, 6) is -0.640. The van der Waals surface area contributed by atoms with Gasteiger partial charge in [-0.2, -0.15) is 5.10 Å². The highest BCUT2D eigenvalue weighted by atomic mass is 19.1. The molecule has 0 bridgehead atoms. The van der Waals surface area contributed by atoms with Crippen LogP contribution in [0.25, 0.3) is 22.3 Å². The number of hydrogen-bond acceptors (Lipinski definition) is 3. The van der Waals surface area contributed by atoms with Gasteiger partial charge in [0.25, 0.3) is 5.91 Å². The summed E-state index contributed by atoms with van der Waals surface area (Å²) in [5.41, 5.74) is 2.69. The summed E-state index contributed by atoms with van der Waals surface area (Å²) in [6, 6.07) is 17.6. The summed E-state index contributed by atoms with van der Waals surface area (Å²) >= 11 is 0. The third kappa shape index (κ3) is 3.29. The molecule has 134 valence electrons. The lowest BCUT2D eigenvalue weighted by molar-refractivity contribution is 0.0952. The van der Waals surface area contributed by atoms with Crippen molar-refractivity contribution in [2.24, 2.45) is 7.05 Å². The molecule has 1 amide bonds. The Morgan fingerprint density at radius 2 is 1.85 bits per heavy atom. The van der Waals surface area contributed by atoms with Crippen LogP contribution in [0.1, 0.15) is 15.9 Å². The predicted octanol–water partition coefficient (Wildman–Crippen LogP) is 3.70. The van der Waals surface area contributed by atoms with E-state index in [4.69, 9.17) is 0 Å². The summed E-state index contributed by atoms with van der Waals surface area (Å²) in [6.07, 6.45) is 1.60. The first-order valence-electron chi connectivity index (χ1n) is 8.53. The number of nitrogens with one attached hydrogen (secondary N) is 1. The van der Waals surface area contributed by atoms with E-state index < -0.39 is 0 Å². The molecular formula is C21H17FN4O. The number of rotatable bonds is 4. The smallest absolute Gasteiger partial charge is 0.252 e. The van der Waals surface area contributed by atoms with Crippen LogP contribution in [-0.4, -0.2) is 20.7 Å². The molecule has 0 aliphatic heterocycles. The minimum absolute atomic E-state index is 0.253. The van der Waals surface area contributed by atoms with Crippen LogP contribution < -0.4 is 5.32 Å². The first kappa shape index (κ1) is 16.9. The Labute approximate surface area is 155 Å². The number of carbonyl (C=O) groups excluding carboxylic acids is 1. The molecule has 4 aromatic rings. The van der Waals surface area contributed by atoms with Crippen LogP contribution in [0.3, 0.4) is 0 Å². The number of halogens is 1. The van der Waals surface area contributed by atoms with Gasteiger partial charge in [-0.05, 0) is 23.8 Å².